The van der Waals surface area contributed by atoms with Gasteiger partial charge >= 0.3 is 0 Å². The van der Waals surface area contributed by atoms with Gasteiger partial charge in [-0.05, 0) is 30.3 Å². The van der Waals surface area contributed by atoms with Crippen molar-refractivity contribution in [1.29, 1.82) is 0 Å². The number of amides is 2. The molecule has 0 saturated carbocycles. The number of hydrogen-bond acceptors (Lipinski definition) is 4. The maximum absolute atomic E-state index is 13.3. The molecule has 0 aliphatic rings. The highest BCUT2D eigenvalue weighted by Gasteiger charge is 2.12. The van der Waals surface area contributed by atoms with E-state index in [0.29, 0.717) is 27.5 Å². The van der Waals surface area contributed by atoms with Crippen LogP contribution < -0.4 is 5.32 Å². The smallest absolute Gasteiger partial charge is 0.253 e. The molecule has 3 aromatic rings. The van der Waals surface area contributed by atoms with Gasteiger partial charge in [0.2, 0.25) is 5.91 Å². The summed E-state index contributed by atoms with van der Waals surface area (Å²) in [4.78, 5) is 30.2. The minimum Gasteiger partial charge on any atom is -0.345 e. The van der Waals surface area contributed by atoms with Crippen LogP contribution in [0, 0.1) is 5.82 Å². The molecule has 0 radical (unpaired) electrons. The van der Waals surface area contributed by atoms with Crippen LogP contribution in [0.3, 0.4) is 0 Å². The number of aromatic nitrogens is 1. The van der Waals surface area contributed by atoms with Crippen LogP contribution in [-0.4, -0.2) is 35.8 Å². The van der Waals surface area contributed by atoms with Gasteiger partial charge in [0.15, 0.2) is 0 Å². The van der Waals surface area contributed by atoms with Crippen LogP contribution in [0.15, 0.2) is 53.9 Å². The monoisotopic (exact) mass is 383 g/mol. The van der Waals surface area contributed by atoms with E-state index in [4.69, 9.17) is 0 Å². The molecule has 0 atom stereocenters. The highest BCUT2D eigenvalue weighted by atomic mass is 32.1. The molecule has 5 nitrogen and oxygen atoms in total. The maximum Gasteiger partial charge on any atom is 0.253 e. The Morgan fingerprint density at radius 3 is 2.67 bits per heavy atom. The lowest BCUT2D eigenvalue weighted by atomic mass is 10.1. The lowest BCUT2D eigenvalue weighted by Crippen LogP contribution is -2.22. The number of hydrogen-bond donors (Lipinski definition) is 1. The zero-order chi connectivity index (χ0) is 19.4. The molecule has 138 valence electrons. The Hall–Kier alpha value is -3.06. The summed E-state index contributed by atoms with van der Waals surface area (Å²) in [5.74, 6) is -0.694. The summed E-state index contributed by atoms with van der Waals surface area (Å²) in [6.07, 6.45) is 0.0949. The summed E-state index contributed by atoms with van der Waals surface area (Å²) in [5.41, 5.74) is 2.34. The molecule has 2 aromatic carbocycles. The Labute approximate surface area is 160 Å². The van der Waals surface area contributed by atoms with Crippen molar-refractivity contribution >= 4 is 28.8 Å². The molecular weight excluding hydrogens is 365 g/mol. The van der Waals surface area contributed by atoms with Gasteiger partial charge in [-0.3, -0.25) is 9.59 Å². The van der Waals surface area contributed by atoms with Crippen LogP contribution in [0.4, 0.5) is 10.1 Å². The summed E-state index contributed by atoms with van der Waals surface area (Å²) in [5, 5.41) is 5.22. The van der Waals surface area contributed by atoms with Gasteiger partial charge in [-0.25, -0.2) is 9.37 Å². The molecule has 27 heavy (non-hydrogen) atoms. The first-order valence-corrected chi connectivity index (χ1v) is 9.12. The SMILES string of the molecule is CN(C)C(=O)c1cccc(NC(=O)Cc2csc(-c3cccc(F)c3)n2)c1. The number of halogens is 1. The fourth-order valence-electron chi connectivity index (χ4n) is 2.50. The fraction of sp³-hybridized carbons (Fsp3) is 0.150. The summed E-state index contributed by atoms with van der Waals surface area (Å²) >= 11 is 1.36. The van der Waals surface area contributed by atoms with Gasteiger partial charge < -0.3 is 10.2 Å². The number of carbonyl (C=O) groups excluding carboxylic acids is 2. The molecule has 0 fully saturated rings. The van der Waals surface area contributed by atoms with Crippen molar-refractivity contribution in [1.82, 2.24) is 9.88 Å². The average Bonchev–Trinajstić information content (AvgIpc) is 3.09. The molecule has 1 aromatic heterocycles. The van der Waals surface area contributed by atoms with Crippen molar-refractivity contribution in [3.63, 3.8) is 0 Å². The van der Waals surface area contributed by atoms with Gasteiger partial charge in [0, 0.05) is 36.3 Å². The predicted molar refractivity (Wildman–Crippen MR) is 104 cm³/mol. The van der Waals surface area contributed by atoms with Crippen molar-refractivity contribution in [2.24, 2.45) is 0 Å². The molecule has 0 bridgehead atoms. The Morgan fingerprint density at radius 2 is 1.93 bits per heavy atom. The van der Waals surface area contributed by atoms with E-state index in [2.05, 4.69) is 10.3 Å². The molecule has 0 aliphatic heterocycles. The van der Waals surface area contributed by atoms with E-state index in [1.54, 1.807) is 55.9 Å². The minimum atomic E-state index is -0.325. The molecule has 2 amide bonds. The van der Waals surface area contributed by atoms with Gasteiger partial charge in [0.05, 0.1) is 12.1 Å². The van der Waals surface area contributed by atoms with Gasteiger partial charge in [-0.1, -0.05) is 18.2 Å². The lowest BCUT2D eigenvalue weighted by Gasteiger charge is -2.11. The largest absolute Gasteiger partial charge is 0.345 e. The van der Waals surface area contributed by atoms with Gasteiger partial charge in [-0.2, -0.15) is 0 Å². The third-order valence-electron chi connectivity index (χ3n) is 3.76. The highest BCUT2D eigenvalue weighted by molar-refractivity contribution is 7.13. The highest BCUT2D eigenvalue weighted by Crippen LogP contribution is 2.24. The van der Waals surface area contributed by atoms with E-state index in [1.165, 1.54) is 28.4 Å². The van der Waals surface area contributed by atoms with Crippen molar-refractivity contribution in [2.75, 3.05) is 19.4 Å². The third-order valence-corrected chi connectivity index (χ3v) is 4.70. The Morgan fingerprint density at radius 1 is 1.15 bits per heavy atom. The van der Waals surface area contributed by atoms with Crippen LogP contribution in [-0.2, 0) is 11.2 Å². The topological polar surface area (TPSA) is 62.3 Å². The first-order valence-electron chi connectivity index (χ1n) is 8.24. The second-order valence-corrected chi connectivity index (χ2v) is 7.02. The van der Waals surface area contributed by atoms with E-state index in [1.807, 2.05) is 0 Å². The molecule has 3 rings (SSSR count). The van der Waals surface area contributed by atoms with Crippen molar-refractivity contribution in [3.05, 3.63) is 71.0 Å². The lowest BCUT2D eigenvalue weighted by molar-refractivity contribution is -0.115. The summed E-state index contributed by atoms with van der Waals surface area (Å²) < 4.78 is 13.3. The van der Waals surface area contributed by atoms with Crippen LogP contribution in [0.2, 0.25) is 0 Å². The second kappa shape index (κ2) is 8.09. The molecule has 0 spiro atoms. The molecule has 7 heteroatoms. The molecule has 1 heterocycles. The standard InChI is InChI=1S/C20H18FN3O2S/c1-24(2)20(26)14-6-4-8-16(10-14)22-18(25)11-17-12-27-19(23-17)13-5-3-7-15(21)9-13/h3-10,12H,11H2,1-2H3,(H,22,25). The van der Waals surface area contributed by atoms with E-state index in [-0.39, 0.29) is 24.1 Å². The predicted octanol–water partition coefficient (Wildman–Crippen LogP) is 3.83. The van der Waals surface area contributed by atoms with Crippen molar-refractivity contribution in [3.8, 4) is 10.6 Å². The Balaban J connectivity index is 1.67. The summed E-state index contributed by atoms with van der Waals surface area (Å²) in [7, 11) is 3.35. The van der Waals surface area contributed by atoms with Crippen molar-refractivity contribution < 1.29 is 14.0 Å². The number of benzene rings is 2. The molecule has 1 N–H and O–H groups in total. The molecule has 0 unspecified atom stereocenters. The normalized spacial score (nSPS) is 10.5. The van der Waals surface area contributed by atoms with Crippen molar-refractivity contribution in [2.45, 2.75) is 6.42 Å². The first kappa shape index (κ1) is 18.7. The number of nitrogens with zero attached hydrogens (tertiary/aromatic N) is 2. The van der Waals surface area contributed by atoms with Gasteiger partial charge in [0.1, 0.15) is 10.8 Å². The average molecular weight is 383 g/mol. The third kappa shape index (κ3) is 4.77. The number of nitrogens with one attached hydrogen (secondary N) is 1. The zero-order valence-corrected chi connectivity index (χ0v) is 15.7. The first-order chi connectivity index (χ1) is 12.9. The van der Waals surface area contributed by atoms with Crippen LogP contribution >= 0.6 is 11.3 Å². The Bertz CT molecular complexity index is 985. The van der Waals surface area contributed by atoms with E-state index in [0.717, 1.165) is 0 Å². The van der Waals surface area contributed by atoms with Crippen LogP contribution in [0.1, 0.15) is 16.1 Å². The number of thiazole rings is 1. The van der Waals surface area contributed by atoms with Crippen LogP contribution in [0.25, 0.3) is 10.6 Å². The van der Waals surface area contributed by atoms with Crippen LogP contribution in [0.5, 0.6) is 0 Å². The second-order valence-electron chi connectivity index (χ2n) is 6.16. The number of anilines is 1. The fourth-order valence-corrected chi connectivity index (χ4v) is 3.32. The Kier molecular flexibility index (Phi) is 5.61. The molecule has 0 saturated heterocycles. The van der Waals surface area contributed by atoms with Gasteiger partial charge in [0.25, 0.3) is 5.91 Å². The minimum absolute atomic E-state index is 0.0949. The molecule has 0 aliphatic carbocycles. The quantitative estimate of drug-likeness (QED) is 0.728. The van der Waals surface area contributed by atoms with E-state index >= 15 is 0 Å². The summed E-state index contributed by atoms with van der Waals surface area (Å²) in [6, 6.07) is 13.0. The van der Waals surface area contributed by atoms with E-state index in [9.17, 15) is 14.0 Å². The number of rotatable bonds is 5. The van der Waals surface area contributed by atoms with Gasteiger partial charge in [-0.15, -0.1) is 11.3 Å². The number of carbonyl (C=O) groups is 2. The van der Waals surface area contributed by atoms with E-state index < -0.39 is 0 Å². The molecular formula is C20H18FN3O2S. The maximum atomic E-state index is 13.3. The zero-order valence-electron chi connectivity index (χ0n) is 14.9. The summed E-state index contributed by atoms with van der Waals surface area (Å²) in [6.45, 7) is 0.